The van der Waals surface area contributed by atoms with Crippen molar-refractivity contribution in [2.45, 2.75) is 78.7 Å². The highest BCUT2D eigenvalue weighted by Crippen LogP contribution is 2.55. The largest absolute Gasteiger partial charge is 0.541 e. The molecule has 0 amide bonds. The molecule has 0 saturated carbocycles. The molecule has 1 heterocycles. The molecule has 0 spiro atoms. The summed E-state index contributed by atoms with van der Waals surface area (Å²) in [6, 6.07) is 5.83. The Morgan fingerprint density at radius 3 is 2.36 bits per heavy atom. The highest BCUT2D eigenvalue weighted by atomic mass is 31.2. The summed E-state index contributed by atoms with van der Waals surface area (Å²) in [6.07, 6.45) is 3.96. The van der Waals surface area contributed by atoms with Gasteiger partial charge in [-0.3, -0.25) is 9.51 Å². The average Bonchev–Trinajstić information content (AvgIpc) is 2.74. The Kier molecular flexibility index (Phi) is 8.83. The fraction of sp³-hybridized carbons (Fsp3) is 0.560. The Labute approximate surface area is 200 Å². The molecule has 0 radical (unpaired) electrons. The molecular formula is C25H40NO5PSi. The molecule has 0 aliphatic rings. The van der Waals surface area contributed by atoms with E-state index < -0.39 is 15.9 Å². The van der Waals surface area contributed by atoms with Crippen molar-refractivity contribution in [2.24, 2.45) is 0 Å². The summed E-state index contributed by atoms with van der Waals surface area (Å²) >= 11 is 0. The number of hydrogen-bond acceptors (Lipinski definition) is 6. The molecular weight excluding hydrogens is 453 g/mol. The van der Waals surface area contributed by atoms with Gasteiger partial charge in [0.05, 0.1) is 25.6 Å². The Balaban J connectivity index is 2.55. The molecule has 8 heteroatoms. The van der Waals surface area contributed by atoms with Crippen LogP contribution in [0, 0.1) is 6.92 Å². The Hall–Kier alpha value is -1.82. The molecule has 2 unspecified atom stereocenters. The standard InChI is InChI=1S/C25H40NO5PSi/c1-11-19(4)32(27,29-12-2)30-23-17-26-14-13-21(23)20-15-18(3)24(22(16-20)28-8)31-33(9,10)25(5,6)7/h13-17,19H,11-12H2,1-10H3. The summed E-state index contributed by atoms with van der Waals surface area (Å²) in [5.41, 5.74) is 2.37. The highest BCUT2D eigenvalue weighted by molar-refractivity contribution is 7.55. The third kappa shape index (κ3) is 6.20. The third-order valence-corrected chi connectivity index (χ3v) is 13.2. The molecule has 1 aromatic carbocycles. The molecule has 0 aliphatic carbocycles. The van der Waals surface area contributed by atoms with E-state index in [0.717, 1.165) is 22.4 Å². The first-order valence-electron chi connectivity index (χ1n) is 11.6. The maximum absolute atomic E-state index is 13.5. The summed E-state index contributed by atoms with van der Waals surface area (Å²) in [5, 5.41) is 0.0612. The van der Waals surface area contributed by atoms with E-state index in [9.17, 15) is 4.57 Å². The van der Waals surface area contributed by atoms with Crippen LogP contribution in [0.4, 0.5) is 0 Å². The van der Waals surface area contributed by atoms with E-state index in [-0.39, 0.29) is 10.7 Å². The maximum atomic E-state index is 13.5. The van der Waals surface area contributed by atoms with Crippen molar-refractivity contribution in [2.75, 3.05) is 13.7 Å². The van der Waals surface area contributed by atoms with Crippen LogP contribution in [0.15, 0.2) is 30.6 Å². The lowest BCUT2D eigenvalue weighted by Crippen LogP contribution is -2.44. The molecule has 6 nitrogen and oxygen atoms in total. The van der Waals surface area contributed by atoms with Crippen LogP contribution in [-0.2, 0) is 9.09 Å². The van der Waals surface area contributed by atoms with Gasteiger partial charge >= 0.3 is 7.60 Å². The fourth-order valence-electron chi connectivity index (χ4n) is 3.06. The zero-order valence-electron chi connectivity index (χ0n) is 21.8. The first-order chi connectivity index (χ1) is 15.3. The van der Waals surface area contributed by atoms with Crippen molar-refractivity contribution < 1.29 is 22.8 Å². The monoisotopic (exact) mass is 493 g/mol. The maximum Gasteiger partial charge on any atom is 0.382 e. The number of benzene rings is 1. The van der Waals surface area contributed by atoms with Crippen LogP contribution in [0.3, 0.4) is 0 Å². The Bertz CT molecular complexity index is 1000. The summed E-state index contributed by atoms with van der Waals surface area (Å²) in [6.45, 7) is 19.1. The number of rotatable bonds is 10. The molecule has 0 bridgehead atoms. The molecule has 2 aromatic rings. The lowest BCUT2D eigenvalue weighted by molar-refractivity contribution is 0.270. The van der Waals surface area contributed by atoms with Crippen molar-refractivity contribution >= 4 is 15.9 Å². The van der Waals surface area contributed by atoms with E-state index >= 15 is 0 Å². The molecule has 33 heavy (non-hydrogen) atoms. The summed E-state index contributed by atoms with van der Waals surface area (Å²) in [4.78, 5) is 4.21. The average molecular weight is 494 g/mol. The predicted molar refractivity (Wildman–Crippen MR) is 138 cm³/mol. The minimum Gasteiger partial charge on any atom is -0.541 e. The minimum atomic E-state index is -3.36. The third-order valence-electron chi connectivity index (χ3n) is 6.38. The zero-order chi connectivity index (χ0) is 25.0. The van der Waals surface area contributed by atoms with Crippen LogP contribution >= 0.6 is 7.60 Å². The lowest BCUT2D eigenvalue weighted by atomic mass is 10.0. The van der Waals surface area contributed by atoms with E-state index in [1.807, 2.05) is 45.9 Å². The van der Waals surface area contributed by atoms with Crippen LogP contribution in [-0.4, -0.2) is 32.7 Å². The van der Waals surface area contributed by atoms with Gasteiger partial charge in [-0.2, -0.15) is 0 Å². The van der Waals surface area contributed by atoms with E-state index in [0.29, 0.717) is 24.5 Å². The second-order valence-corrected chi connectivity index (χ2v) is 17.0. The number of ether oxygens (including phenoxy) is 1. The van der Waals surface area contributed by atoms with Crippen LogP contribution in [0.1, 0.15) is 53.5 Å². The second kappa shape index (κ2) is 10.6. The second-order valence-electron chi connectivity index (χ2n) is 9.86. The minimum absolute atomic E-state index is 0.0612. The quantitative estimate of drug-likeness (QED) is 0.248. The topological polar surface area (TPSA) is 66.9 Å². The Morgan fingerprint density at radius 2 is 1.82 bits per heavy atom. The summed E-state index contributed by atoms with van der Waals surface area (Å²) in [5.74, 6) is 1.85. The highest BCUT2D eigenvalue weighted by Gasteiger charge is 2.40. The van der Waals surface area contributed by atoms with Gasteiger partial charge in [0.15, 0.2) is 11.5 Å². The molecule has 0 fully saturated rings. The number of pyridine rings is 1. The normalized spacial score (nSPS) is 15.0. The summed E-state index contributed by atoms with van der Waals surface area (Å²) in [7, 11) is -3.77. The van der Waals surface area contributed by atoms with Crippen LogP contribution < -0.4 is 13.7 Å². The smallest absolute Gasteiger partial charge is 0.382 e. The van der Waals surface area contributed by atoms with Crippen molar-refractivity contribution in [3.63, 3.8) is 0 Å². The van der Waals surface area contributed by atoms with Crippen molar-refractivity contribution in [3.05, 3.63) is 36.2 Å². The SMILES string of the molecule is CCOP(=O)(Oc1cnccc1-c1cc(C)c(O[Si](C)(C)C(C)(C)C)c(OC)c1)C(C)CC. The fourth-order valence-corrected chi connectivity index (χ4v) is 5.86. The lowest BCUT2D eigenvalue weighted by Gasteiger charge is -2.37. The van der Waals surface area contributed by atoms with Crippen molar-refractivity contribution in [1.29, 1.82) is 0 Å². The van der Waals surface area contributed by atoms with Gasteiger partial charge in [0.1, 0.15) is 5.75 Å². The van der Waals surface area contributed by atoms with Crippen molar-refractivity contribution in [3.8, 4) is 28.4 Å². The van der Waals surface area contributed by atoms with Gasteiger partial charge in [0.25, 0.3) is 8.32 Å². The molecule has 0 saturated heterocycles. The number of nitrogens with zero attached hydrogens (tertiary/aromatic N) is 1. The molecule has 2 atom stereocenters. The van der Waals surface area contributed by atoms with E-state index in [4.69, 9.17) is 18.2 Å². The number of aryl methyl sites for hydroxylation is 1. The van der Waals surface area contributed by atoms with E-state index in [2.05, 4.69) is 38.8 Å². The van der Waals surface area contributed by atoms with Gasteiger partial charge in [-0.1, -0.05) is 27.7 Å². The first-order valence-corrected chi connectivity index (χ1v) is 16.1. The van der Waals surface area contributed by atoms with Crippen molar-refractivity contribution in [1.82, 2.24) is 4.98 Å². The number of hydrogen-bond donors (Lipinski definition) is 0. The van der Waals surface area contributed by atoms with E-state index in [1.165, 1.54) is 0 Å². The number of methoxy groups -OCH3 is 1. The van der Waals surface area contributed by atoms with E-state index in [1.54, 1.807) is 19.5 Å². The van der Waals surface area contributed by atoms with Gasteiger partial charge < -0.3 is 13.7 Å². The molecule has 184 valence electrons. The van der Waals surface area contributed by atoms with Gasteiger partial charge in [-0.05, 0) is 74.7 Å². The van der Waals surface area contributed by atoms with Gasteiger partial charge in [-0.25, -0.2) is 4.57 Å². The first kappa shape index (κ1) is 27.4. The van der Waals surface area contributed by atoms with Gasteiger partial charge in [0, 0.05) is 11.8 Å². The number of aromatic nitrogens is 1. The van der Waals surface area contributed by atoms with Crippen LogP contribution in [0.5, 0.6) is 17.2 Å². The van der Waals surface area contributed by atoms with Gasteiger partial charge in [0.2, 0.25) is 0 Å². The van der Waals surface area contributed by atoms with Crippen LogP contribution in [0.25, 0.3) is 11.1 Å². The van der Waals surface area contributed by atoms with Gasteiger partial charge in [-0.15, -0.1) is 0 Å². The van der Waals surface area contributed by atoms with Crippen LogP contribution in [0.2, 0.25) is 18.1 Å². The Morgan fingerprint density at radius 1 is 1.15 bits per heavy atom. The molecule has 0 N–H and O–H groups in total. The molecule has 1 aromatic heterocycles. The summed E-state index contributed by atoms with van der Waals surface area (Å²) < 4.78 is 37.5. The zero-order valence-corrected chi connectivity index (χ0v) is 23.7. The molecule has 0 aliphatic heterocycles. The predicted octanol–water partition coefficient (Wildman–Crippen LogP) is 7.86. The molecule has 2 rings (SSSR count).